The molecule has 0 radical (unpaired) electrons. The van der Waals surface area contributed by atoms with Crippen LogP contribution in [0.1, 0.15) is 34.6 Å². The second kappa shape index (κ2) is 6.45. The van der Waals surface area contributed by atoms with Gasteiger partial charge in [0, 0.05) is 6.54 Å². The Morgan fingerprint density at radius 2 is 1.74 bits per heavy atom. The second-order valence-electron chi connectivity index (χ2n) is 5.78. The third-order valence-corrected chi connectivity index (χ3v) is 1.94. The first-order valence-corrected chi connectivity index (χ1v) is 5.97. The van der Waals surface area contributed by atoms with Crippen molar-refractivity contribution in [3.8, 4) is 0 Å². The first-order valence-electron chi connectivity index (χ1n) is 5.97. The van der Waals surface area contributed by atoms with Gasteiger partial charge in [-0.05, 0) is 34.6 Å². The molecule has 0 atom stereocenters. The zero-order valence-electron chi connectivity index (χ0n) is 12.2. The minimum Gasteiger partial charge on any atom is -0.450 e. The topological polar surface area (TPSA) is 76.1 Å². The summed E-state index contributed by atoms with van der Waals surface area (Å²) in [5.74, 6) is 0. The Hall–Kier alpha value is -1.72. The smallest absolute Gasteiger partial charge is 0.450 e. The minimum absolute atomic E-state index is 0.0836. The molecule has 0 saturated heterocycles. The molecule has 0 spiro atoms. The lowest BCUT2D eigenvalue weighted by Crippen LogP contribution is -2.46. The van der Waals surface area contributed by atoms with Crippen LogP contribution in [0, 0.1) is 0 Å². The summed E-state index contributed by atoms with van der Waals surface area (Å²) in [7, 11) is 0. The molecule has 6 heteroatoms. The van der Waals surface area contributed by atoms with Crippen molar-refractivity contribution in [1.82, 2.24) is 4.90 Å². The molecule has 0 heterocycles. The number of hydrogen-bond acceptors (Lipinski definition) is 4. The van der Waals surface area contributed by atoms with E-state index in [2.05, 4.69) is 6.58 Å². The maximum Gasteiger partial charge on any atom is 0.506 e. The van der Waals surface area contributed by atoms with E-state index < -0.39 is 23.5 Å². The molecule has 19 heavy (non-hydrogen) atoms. The molecule has 0 bridgehead atoms. The van der Waals surface area contributed by atoms with Crippen molar-refractivity contribution in [3.63, 3.8) is 0 Å². The highest BCUT2D eigenvalue weighted by molar-refractivity contribution is 5.68. The van der Waals surface area contributed by atoms with Crippen LogP contribution in [0.2, 0.25) is 0 Å². The molecule has 0 aromatic heterocycles. The summed E-state index contributed by atoms with van der Waals surface area (Å²) < 4.78 is 9.97. The van der Waals surface area contributed by atoms with Crippen LogP contribution in [0.15, 0.2) is 12.7 Å². The maximum atomic E-state index is 12.0. The number of carbonyl (C=O) groups is 2. The predicted octanol–water partition coefficient (Wildman–Crippen LogP) is 2.88. The first-order chi connectivity index (χ1) is 8.47. The number of nitrogens with zero attached hydrogens (tertiary/aromatic N) is 1. The van der Waals surface area contributed by atoms with Gasteiger partial charge < -0.3 is 19.5 Å². The molecule has 1 amide bonds. The van der Waals surface area contributed by atoms with Gasteiger partial charge in [0.15, 0.2) is 0 Å². The Bertz CT molecular complexity index is 343. The number of rotatable bonds is 5. The van der Waals surface area contributed by atoms with E-state index in [1.54, 1.807) is 40.7 Å². The molecule has 0 fully saturated rings. The molecule has 0 aromatic rings. The van der Waals surface area contributed by atoms with Crippen molar-refractivity contribution in [1.29, 1.82) is 0 Å². The molecule has 110 valence electrons. The molecule has 0 aromatic carbocycles. The Morgan fingerprint density at radius 1 is 1.21 bits per heavy atom. The highest BCUT2D eigenvalue weighted by Gasteiger charge is 2.30. The molecule has 0 unspecified atom stereocenters. The van der Waals surface area contributed by atoms with Crippen LogP contribution in [0.25, 0.3) is 0 Å². The van der Waals surface area contributed by atoms with Crippen LogP contribution in [0.4, 0.5) is 9.59 Å². The molecule has 6 nitrogen and oxygen atoms in total. The molecular formula is C13H23NO5. The van der Waals surface area contributed by atoms with Gasteiger partial charge in [-0.15, -0.1) is 6.58 Å². The summed E-state index contributed by atoms with van der Waals surface area (Å²) in [6.07, 6.45) is -0.372. The summed E-state index contributed by atoms with van der Waals surface area (Å²) in [4.78, 5) is 23.9. The predicted molar refractivity (Wildman–Crippen MR) is 71.2 cm³/mol. The molecule has 0 aliphatic heterocycles. The number of ether oxygens (including phenoxy) is 2. The number of carboxylic acid groups (broad SMARTS) is 1. The van der Waals surface area contributed by atoms with Crippen LogP contribution in [0.5, 0.6) is 0 Å². The van der Waals surface area contributed by atoms with E-state index in [4.69, 9.17) is 14.6 Å². The van der Waals surface area contributed by atoms with Gasteiger partial charge in [-0.2, -0.15) is 0 Å². The van der Waals surface area contributed by atoms with Gasteiger partial charge in [0.05, 0.1) is 6.54 Å². The third-order valence-electron chi connectivity index (χ3n) is 1.94. The van der Waals surface area contributed by atoms with Crippen LogP contribution in [0.3, 0.4) is 0 Å². The average Bonchev–Trinajstić information content (AvgIpc) is 2.11. The Labute approximate surface area is 114 Å². The third kappa shape index (κ3) is 8.07. The summed E-state index contributed by atoms with van der Waals surface area (Å²) in [5.41, 5.74) is -1.64. The van der Waals surface area contributed by atoms with Crippen molar-refractivity contribution < 1.29 is 24.2 Å². The summed E-state index contributed by atoms with van der Waals surface area (Å²) >= 11 is 0. The Balaban J connectivity index is 4.77. The van der Waals surface area contributed by atoms with E-state index in [1.807, 2.05) is 0 Å². The lowest BCUT2D eigenvalue weighted by atomic mass is 10.1. The number of amides is 1. The molecular weight excluding hydrogens is 250 g/mol. The van der Waals surface area contributed by atoms with Gasteiger partial charge in [-0.25, -0.2) is 9.59 Å². The molecule has 0 aliphatic carbocycles. The normalized spacial score (nSPS) is 11.6. The van der Waals surface area contributed by atoms with Crippen molar-refractivity contribution in [2.45, 2.75) is 45.8 Å². The highest BCUT2D eigenvalue weighted by atomic mass is 16.7. The van der Waals surface area contributed by atoms with E-state index in [9.17, 15) is 9.59 Å². The fourth-order valence-electron chi connectivity index (χ4n) is 1.41. The van der Waals surface area contributed by atoms with Crippen molar-refractivity contribution in [2.24, 2.45) is 0 Å². The van der Waals surface area contributed by atoms with Crippen molar-refractivity contribution >= 4 is 12.2 Å². The van der Waals surface area contributed by atoms with Gasteiger partial charge >= 0.3 is 12.2 Å². The molecule has 1 N–H and O–H groups in total. The van der Waals surface area contributed by atoms with E-state index in [-0.39, 0.29) is 13.1 Å². The van der Waals surface area contributed by atoms with Crippen LogP contribution in [-0.4, -0.2) is 46.5 Å². The maximum absolute atomic E-state index is 12.0. The minimum atomic E-state index is -1.38. The van der Waals surface area contributed by atoms with Crippen LogP contribution >= 0.6 is 0 Å². The standard InChI is InChI=1S/C13H23NO5/c1-7-8-14(10(15)18-12(2,3)4)9-13(5,6)19-11(16)17/h7H,1,8-9H2,2-6H3,(H,16,17). The highest BCUT2D eigenvalue weighted by Crippen LogP contribution is 2.15. The zero-order chi connectivity index (χ0) is 15.3. The molecule has 0 aliphatic rings. The molecule has 0 rings (SSSR count). The second-order valence-corrected chi connectivity index (χ2v) is 5.78. The van der Waals surface area contributed by atoms with Gasteiger partial charge in [-0.3, -0.25) is 0 Å². The summed E-state index contributed by atoms with van der Waals surface area (Å²) in [6, 6.07) is 0. The summed E-state index contributed by atoms with van der Waals surface area (Å²) in [6.45, 7) is 12.3. The lowest BCUT2D eigenvalue weighted by molar-refractivity contribution is -0.0257. The number of hydrogen-bond donors (Lipinski definition) is 1. The Kier molecular flexibility index (Phi) is 5.86. The van der Waals surface area contributed by atoms with Crippen LogP contribution < -0.4 is 0 Å². The van der Waals surface area contributed by atoms with E-state index in [0.717, 1.165) is 0 Å². The fraction of sp³-hybridized carbons (Fsp3) is 0.692. The lowest BCUT2D eigenvalue weighted by Gasteiger charge is -2.32. The largest absolute Gasteiger partial charge is 0.506 e. The Morgan fingerprint density at radius 3 is 2.11 bits per heavy atom. The zero-order valence-corrected chi connectivity index (χ0v) is 12.2. The van der Waals surface area contributed by atoms with E-state index in [1.165, 1.54) is 4.90 Å². The van der Waals surface area contributed by atoms with Crippen molar-refractivity contribution in [3.05, 3.63) is 12.7 Å². The number of carbonyl (C=O) groups excluding carboxylic acids is 1. The SMILES string of the molecule is C=CCN(CC(C)(C)OC(=O)O)C(=O)OC(C)(C)C. The first kappa shape index (κ1) is 17.3. The van der Waals surface area contributed by atoms with Gasteiger partial charge in [0.2, 0.25) is 0 Å². The van der Waals surface area contributed by atoms with E-state index >= 15 is 0 Å². The monoisotopic (exact) mass is 273 g/mol. The average molecular weight is 273 g/mol. The van der Waals surface area contributed by atoms with Crippen molar-refractivity contribution in [2.75, 3.05) is 13.1 Å². The van der Waals surface area contributed by atoms with Gasteiger partial charge in [-0.1, -0.05) is 6.08 Å². The van der Waals surface area contributed by atoms with E-state index in [0.29, 0.717) is 0 Å². The summed E-state index contributed by atoms with van der Waals surface area (Å²) in [5, 5.41) is 8.64. The van der Waals surface area contributed by atoms with Crippen LogP contribution in [-0.2, 0) is 9.47 Å². The van der Waals surface area contributed by atoms with Gasteiger partial charge in [0.1, 0.15) is 11.2 Å². The fourth-order valence-corrected chi connectivity index (χ4v) is 1.41. The van der Waals surface area contributed by atoms with Gasteiger partial charge in [0.25, 0.3) is 0 Å². The molecule has 0 saturated carbocycles. The quantitative estimate of drug-likeness (QED) is 0.615.